The molecule has 2 aromatic rings. The average molecular weight is 292 g/mol. The predicted molar refractivity (Wildman–Crippen MR) is 84.3 cm³/mol. The number of aromatic nitrogens is 2. The largest absolute Gasteiger partial charge is 0.305 e. The summed E-state index contributed by atoms with van der Waals surface area (Å²) in [5, 5.41) is 8.64. The second-order valence-electron chi connectivity index (χ2n) is 4.74. The van der Waals surface area contributed by atoms with E-state index in [1.54, 1.807) is 6.20 Å². The van der Waals surface area contributed by atoms with E-state index in [0.717, 1.165) is 30.2 Å². The van der Waals surface area contributed by atoms with Crippen molar-refractivity contribution < 1.29 is 0 Å². The van der Waals surface area contributed by atoms with Gasteiger partial charge in [0.1, 0.15) is 0 Å². The summed E-state index contributed by atoms with van der Waals surface area (Å²) in [6.45, 7) is 8.08. The molecule has 0 aliphatic heterocycles. The van der Waals surface area contributed by atoms with Crippen LogP contribution in [0.1, 0.15) is 43.6 Å². The third-order valence-corrected chi connectivity index (χ3v) is 3.85. The Bertz CT molecular complexity index is 563. The molecule has 1 unspecified atom stereocenters. The first-order valence-electron chi connectivity index (χ1n) is 7.25. The van der Waals surface area contributed by atoms with E-state index in [4.69, 9.17) is 11.6 Å². The maximum atomic E-state index is 6.38. The van der Waals surface area contributed by atoms with Crippen LogP contribution in [0.5, 0.6) is 0 Å². The van der Waals surface area contributed by atoms with Crippen molar-refractivity contribution in [3.05, 3.63) is 52.3 Å². The summed E-state index contributed by atoms with van der Waals surface area (Å²) in [7, 11) is 0. The molecule has 1 atom stereocenters. The Morgan fingerprint density at radius 3 is 2.65 bits per heavy atom. The third kappa shape index (κ3) is 2.89. The molecule has 3 nitrogen and oxygen atoms in total. The number of nitrogens with one attached hydrogen (secondary N) is 1. The fourth-order valence-electron chi connectivity index (χ4n) is 2.61. The van der Waals surface area contributed by atoms with Crippen molar-refractivity contribution in [2.24, 2.45) is 0 Å². The van der Waals surface area contributed by atoms with Crippen molar-refractivity contribution >= 4 is 11.6 Å². The van der Waals surface area contributed by atoms with E-state index in [1.165, 1.54) is 11.1 Å². The SMILES string of the molecule is CCNC(c1ccccc1CC)c1c(Cl)cnn1CC. The predicted octanol–water partition coefficient (Wildman–Crippen LogP) is 3.82. The summed E-state index contributed by atoms with van der Waals surface area (Å²) in [5.74, 6) is 0. The van der Waals surface area contributed by atoms with Crippen LogP contribution >= 0.6 is 11.6 Å². The Kier molecular flexibility index (Phi) is 5.21. The lowest BCUT2D eigenvalue weighted by Gasteiger charge is -2.22. The lowest BCUT2D eigenvalue weighted by Crippen LogP contribution is -2.26. The van der Waals surface area contributed by atoms with Gasteiger partial charge in [-0.3, -0.25) is 4.68 Å². The molecule has 20 heavy (non-hydrogen) atoms. The second kappa shape index (κ2) is 6.91. The third-order valence-electron chi connectivity index (χ3n) is 3.56. The number of hydrogen-bond donors (Lipinski definition) is 1. The Morgan fingerprint density at radius 2 is 2.00 bits per heavy atom. The average Bonchev–Trinajstić information content (AvgIpc) is 2.85. The first-order chi connectivity index (χ1) is 9.72. The van der Waals surface area contributed by atoms with Crippen molar-refractivity contribution in [2.75, 3.05) is 6.54 Å². The molecule has 0 spiro atoms. The monoisotopic (exact) mass is 291 g/mol. The summed E-state index contributed by atoms with van der Waals surface area (Å²) in [4.78, 5) is 0. The fourth-order valence-corrected chi connectivity index (χ4v) is 2.86. The van der Waals surface area contributed by atoms with Crippen LogP contribution in [0, 0.1) is 0 Å². The van der Waals surface area contributed by atoms with E-state index in [1.807, 2.05) is 4.68 Å². The molecule has 0 fully saturated rings. The minimum absolute atomic E-state index is 0.0890. The molecule has 0 amide bonds. The van der Waals surface area contributed by atoms with Crippen molar-refractivity contribution in [3.8, 4) is 0 Å². The summed E-state index contributed by atoms with van der Waals surface area (Å²) < 4.78 is 1.97. The van der Waals surface area contributed by atoms with E-state index in [-0.39, 0.29) is 6.04 Å². The van der Waals surface area contributed by atoms with E-state index in [2.05, 4.69) is 55.5 Å². The molecule has 0 radical (unpaired) electrons. The molecule has 1 heterocycles. The zero-order valence-corrected chi connectivity index (χ0v) is 13.1. The minimum Gasteiger partial charge on any atom is -0.305 e. The van der Waals surface area contributed by atoms with Gasteiger partial charge in [0.15, 0.2) is 0 Å². The van der Waals surface area contributed by atoms with E-state index in [0.29, 0.717) is 0 Å². The lowest BCUT2D eigenvalue weighted by atomic mass is 9.96. The van der Waals surface area contributed by atoms with Crippen molar-refractivity contribution in [3.63, 3.8) is 0 Å². The Labute approximate surface area is 126 Å². The summed E-state index contributed by atoms with van der Waals surface area (Å²) in [6.07, 6.45) is 2.75. The molecule has 0 saturated carbocycles. The number of rotatable bonds is 6. The quantitative estimate of drug-likeness (QED) is 0.877. The number of halogens is 1. The lowest BCUT2D eigenvalue weighted by molar-refractivity contribution is 0.540. The van der Waals surface area contributed by atoms with Crippen LogP contribution < -0.4 is 5.32 Å². The van der Waals surface area contributed by atoms with Gasteiger partial charge in [0, 0.05) is 6.54 Å². The molecule has 1 aromatic heterocycles. The van der Waals surface area contributed by atoms with Crippen LogP contribution in [0.4, 0.5) is 0 Å². The summed E-state index contributed by atoms with van der Waals surface area (Å²) in [5.41, 5.74) is 3.68. The number of hydrogen-bond acceptors (Lipinski definition) is 2. The molecule has 0 saturated heterocycles. The molecule has 0 aliphatic rings. The normalized spacial score (nSPS) is 12.6. The van der Waals surface area contributed by atoms with Gasteiger partial charge in [-0.15, -0.1) is 0 Å². The van der Waals surface area contributed by atoms with Crippen LogP contribution in [0.2, 0.25) is 5.02 Å². The number of nitrogens with zero attached hydrogens (tertiary/aromatic N) is 2. The molecule has 4 heteroatoms. The van der Waals surface area contributed by atoms with E-state index >= 15 is 0 Å². The van der Waals surface area contributed by atoms with Gasteiger partial charge in [-0.1, -0.05) is 49.7 Å². The molecule has 0 aliphatic carbocycles. The summed E-state index contributed by atoms with van der Waals surface area (Å²) >= 11 is 6.38. The summed E-state index contributed by atoms with van der Waals surface area (Å²) in [6, 6.07) is 8.62. The standard InChI is InChI=1S/C16H22ClN3/c1-4-12-9-7-8-10-13(12)15(18-5-2)16-14(17)11-19-20(16)6-3/h7-11,15,18H,4-6H2,1-3H3. The van der Waals surface area contributed by atoms with Gasteiger partial charge in [-0.2, -0.15) is 5.10 Å². The molecular weight excluding hydrogens is 270 g/mol. The molecular formula is C16H22ClN3. The minimum atomic E-state index is 0.0890. The molecule has 1 N–H and O–H groups in total. The Morgan fingerprint density at radius 1 is 1.25 bits per heavy atom. The van der Waals surface area contributed by atoms with Crippen LogP contribution in [-0.2, 0) is 13.0 Å². The smallest absolute Gasteiger partial charge is 0.0837 e. The second-order valence-corrected chi connectivity index (χ2v) is 5.14. The van der Waals surface area contributed by atoms with Gasteiger partial charge < -0.3 is 5.32 Å². The van der Waals surface area contributed by atoms with Gasteiger partial charge >= 0.3 is 0 Å². The zero-order valence-electron chi connectivity index (χ0n) is 12.4. The van der Waals surface area contributed by atoms with E-state index < -0.39 is 0 Å². The van der Waals surface area contributed by atoms with Gasteiger partial charge in [-0.05, 0) is 31.0 Å². The van der Waals surface area contributed by atoms with Crippen LogP contribution in [0.15, 0.2) is 30.5 Å². The first-order valence-corrected chi connectivity index (χ1v) is 7.63. The van der Waals surface area contributed by atoms with Crippen LogP contribution in [0.25, 0.3) is 0 Å². The maximum Gasteiger partial charge on any atom is 0.0837 e. The zero-order chi connectivity index (χ0) is 14.5. The highest BCUT2D eigenvalue weighted by atomic mass is 35.5. The molecule has 108 valence electrons. The highest BCUT2D eigenvalue weighted by molar-refractivity contribution is 6.31. The van der Waals surface area contributed by atoms with Gasteiger partial charge in [0.25, 0.3) is 0 Å². The van der Waals surface area contributed by atoms with Crippen LogP contribution in [-0.4, -0.2) is 16.3 Å². The van der Waals surface area contributed by atoms with Crippen molar-refractivity contribution in [1.29, 1.82) is 0 Å². The van der Waals surface area contributed by atoms with Gasteiger partial charge in [-0.25, -0.2) is 0 Å². The Balaban J connectivity index is 2.53. The van der Waals surface area contributed by atoms with Crippen LogP contribution in [0.3, 0.4) is 0 Å². The van der Waals surface area contributed by atoms with E-state index in [9.17, 15) is 0 Å². The molecule has 0 bridgehead atoms. The maximum absolute atomic E-state index is 6.38. The van der Waals surface area contributed by atoms with Crippen molar-refractivity contribution in [2.45, 2.75) is 39.8 Å². The topological polar surface area (TPSA) is 29.9 Å². The fraction of sp³-hybridized carbons (Fsp3) is 0.438. The highest BCUT2D eigenvalue weighted by Crippen LogP contribution is 2.30. The highest BCUT2D eigenvalue weighted by Gasteiger charge is 2.22. The van der Waals surface area contributed by atoms with Crippen molar-refractivity contribution in [1.82, 2.24) is 15.1 Å². The number of benzene rings is 1. The van der Waals surface area contributed by atoms with Gasteiger partial charge in [0.05, 0.1) is 23.0 Å². The molecule has 1 aromatic carbocycles. The van der Waals surface area contributed by atoms with Gasteiger partial charge in [0.2, 0.25) is 0 Å². The Hall–Kier alpha value is -1.32. The molecule has 2 rings (SSSR count). The first kappa shape index (κ1) is 15.1. The number of aryl methyl sites for hydroxylation is 2.